The summed E-state index contributed by atoms with van der Waals surface area (Å²) in [7, 11) is 0. The molecule has 0 saturated carbocycles. The van der Waals surface area contributed by atoms with Crippen LogP contribution in [0.15, 0.2) is 23.0 Å². The van der Waals surface area contributed by atoms with E-state index in [-0.39, 0.29) is 0 Å². The highest BCUT2D eigenvalue weighted by Crippen LogP contribution is 2.38. The van der Waals surface area contributed by atoms with E-state index in [4.69, 9.17) is 21.1 Å². The summed E-state index contributed by atoms with van der Waals surface area (Å²) >= 11 is 6.15. The highest BCUT2D eigenvalue weighted by Gasteiger charge is 2.16. The summed E-state index contributed by atoms with van der Waals surface area (Å²) in [4.78, 5) is 3.92. The topological polar surface area (TPSA) is 69.4 Å². The van der Waals surface area contributed by atoms with Crippen LogP contribution < -0.4 is 14.8 Å². The van der Waals surface area contributed by atoms with Gasteiger partial charge in [0.15, 0.2) is 17.3 Å². The van der Waals surface area contributed by atoms with Crippen LogP contribution in [0.4, 0.5) is 0 Å². The summed E-state index contributed by atoms with van der Waals surface area (Å²) in [6.45, 7) is 2.23. The maximum Gasteiger partial charge on any atom is 0.213 e. The van der Waals surface area contributed by atoms with Gasteiger partial charge in [0, 0.05) is 6.54 Å². The number of benzene rings is 1. The summed E-state index contributed by atoms with van der Waals surface area (Å²) in [5.74, 6) is 1.92. The maximum absolute atomic E-state index is 6.15. The van der Waals surface area contributed by atoms with Crippen molar-refractivity contribution < 1.29 is 14.0 Å². The Morgan fingerprint density at radius 1 is 1.21 bits per heavy atom. The Labute approximate surface area is 114 Å². The van der Waals surface area contributed by atoms with Crippen molar-refractivity contribution in [1.82, 2.24) is 15.5 Å². The molecule has 0 aliphatic carbocycles. The molecule has 0 bridgehead atoms. The summed E-state index contributed by atoms with van der Waals surface area (Å²) in [6, 6.07) is 3.78. The molecule has 1 aromatic carbocycles. The molecule has 1 aliphatic heterocycles. The van der Waals surface area contributed by atoms with E-state index in [1.807, 2.05) is 12.1 Å². The number of rotatable bonds is 4. The lowest BCUT2D eigenvalue weighted by molar-refractivity contribution is 0.171. The zero-order valence-electron chi connectivity index (χ0n) is 10.1. The van der Waals surface area contributed by atoms with Gasteiger partial charge >= 0.3 is 0 Å². The first-order valence-corrected chi connectivity index (χ1v) is 6.25. The Hall–Kier alpha value is -1.79. The zero-order valence-corrected chi connectivity index (χ0v) is 10.8. The van der Waals surface area contributed by atoms with Crippen LogP contribution in [0.3, 0.4) is 0 Å². The molecule has 1 aliphatic rings. The van der Waals surface area contributed by atoms with Crippen molar-refractivity contribution in [2.24, 2.45) is 0 Å². The molecule has 0 fully saturated rings. The van der Waals surface area contributed by atoms with E-state index in [2.05, 4.69) is 20.0 Å². The van der Waals surface area contributed by atoms with Gasteiger partial charge in [-0.05, 0) is 17.7 Å². The first kappa shape index (κ1) is 12.3. The van der Waals surface area contributed by atoms with Crippen molar-refractivity contribution >= 4 is 11.6 Å². The van der Waals surface area contributed by atoms with Crippen LogP contribution in [-0.2, 0) is 13.1 Å². The predicted octanol–water partition coefficient (Wildman–Crippen LogP) is 1.78. The van der Waals surface area contributed by atoms with E-state index >= 15 is 0 Å². The number of halogens is 1. The van der Waals surface area contributed by atoms with Gasteiger partial charge in [0.1, 0.15) is 13.2 Å². The Kier molecular flexibility index (Phi) is 3.52. The lowest BCUT2D eigenvalue weighted by atomic mass is 10.2. The number of aromatic nitrogens is 2. The molecule has 7 heteroatoms. The van der Waals surface area contributed by atoms with Gasteiger partial charge in [-0.2, -0.15) is 4.98 Å². The average molecular weight is 282 g/mol. The standard InChI is InChI=1S/C12H12ClN3O3/c13-9-3-8(4-10-12(9)18-2-1-17-10)5-14-6-11-15-7-19-16-11/h3-4,7,14H,1-2,5-6H2. The van der Waals surface area contributed by atoms with E-state index in [1.165, 1.54) is 6.39 Å². The number of hydrogen-bond acceptors (Lipinski definition) is 6. The second kappa shape index (κ2) is 5.46. The molecular weight excluding hydrogens is 270 g/mol. The van der Waals surface area contributed by atoms with Crippen molar-refractivity contribution in [3.8, 4) is 11.5 Å². The third-order valence-electron chi connectivity index (χ3n) is 2.68. The fraction of sp³-hybridized carbons (Fsp3) is 0.333. The first-order valence-electron chi connectivity index (χ1n) is 5.87. The summed E-state index contributed by atoms with van der Waals surface area (Å²) in [6.07, 6.45) is 1.30. The second-order valence-electron chi connectivity index (χ2n) is 4.05. The van der Waals surface area contributed by atoms with Crippen LogP contribution in [-0.4, -0.2) is 23.4 Å². The second-order valence-corrected chi connectivity index (χ2v) is 4.46. The third-order valence-corrected chi connectivity index (χ3v) is 2.96. The SMILES string of the molecule is Clc1cc(CNCc2ncon2)cc2c1OCCO2. The van der Waals surface area contributed by atoms with E-state index < -0.39 is 0 Å². The molecule has 0 unspecified atom stereocenters. The molecule has 0 saturated heterocycles. The average Bonchev–Trinajstić information content (AvgIpc) is 2.92. The minimum Gasteiger partial charge on any atom is -0.486 e. The molecule has 2 heterocycles. The summed E-state index contributed by atoms with van der Waals surface area (Å²) in [5.41, 5.74) is 1.01. The zero-order chi connectivity index (χ0) is 13.1. The molecule has 100 valence electrons. The van der Waals surface area contributed by atoms with Crippen LogP contribution in [0.1, 0.15) is 11.4 Å². The smallest absolute Gasteiger partial charge is 0.213 e. The Balaban J connectivity index is 1.66. The van der Waals surface area contributed by atoms with Crippen LogP contribution in [0.5, 0.6) is 11.5 Å². The Morgan fingerprint density at radius 3 is 2.95 bits per heavy atom. The van der Waals surface area contributed by atoms with Gasteiger partial charge < -0.3 is 19.3 Å². The molecule has 1 N–H and O–H groups in total. The lowest BCUT2D eigenvalue weighted by Crippen LogP contribution is -2.17. The van der Waals surface area contributed by atoms with Gasteiger partial charge in [-0.3, -0.25) is 0 Å². The summed E-state index contributed by atoms with van der Waals surface area (Å²) < 4.78 is 15.6. The fourth-order valence-corrected chi connectivity index (χ4v) is 2.14. The van der Waals surface area contributed by atoms with E-state index in [0.29, 0.717) is 48.6 Å². The van der Waals surface area contributed by atoms with Gasteiger partial charge in [-0.25, -0.2) is 0 Å². The number of hydrogen-bond donors (Lipinski definition) is 1. The fourth-order valence-electron chi connectivity index (χ4n) is 1.86. The lowest BCUT2D eigenvalue weighted by Gasteiger charge is -2.20. The van der Waals surface area contributed by atoms with Crippen LogP contribution in [0.2, 0.25) is 5.02 Å². The number of nitrogens with zero attached hydrogens (tertiary/aromatic N) is 2. The minimum atomic E-state index is 0.530. The van der Waals surface area contributed by atoms with Crippen molar-refractivity contribution in [2.45, 2.75) is 13.1 Å². The summed E-state index contributed by atoms with van der Waals surface area (Å²) in [5, 5.41) is 7.48. The van der Waals surface area contributed by atoms with E-state index in [1.54, 1.807) is 0 Å². The van der Waals surface area contributed by atoms with E-state index in [9.17, 15) is 0 Å². The van der Waals surface area contributed by atoms with Crippen molar-refractivity contribution in [1.29, 1.82) is 0 Å². The molecule has 0 spiro atoms. The van der Waals surface area contributed by atoms with Gasteiger partial charge in [-0.15, -0.1) is 0 Å². The van der Waals surface area contributed by atoms with Crippen molar-refractivity contribution in [3.63, 3.8) is 0 Å². The number of nitrogens with one attached hydrogen (secondary N) is 1. The predicted molar refractivity (Wildman–Crippen MR) is 67.3 cm³/mol. The highest BCUT2D eigenvalue weighted by molar-refractivity contribution is 6.32. The largest absolute Gasteiger partial charge is 0.486 e. The van der Waals surface area contributed by atoms with Crippen LogP contribution >= 0.6 is 11.6 Å². The molecule has 6 nitrogen and oxygen atoms in total. The normalized spacial score (nSPS) is 13.5. The first-order chi connectivity index (χ1) is 9.33. The monoisotopic (exact) mass is 281 g/mol. The third kappa shape index (κ3) is 2.80. The van der Waals surface area contributed by atoms with Crippen LogP contribution in [0, 0.1) is 0 Å². The quantitative estimate of drug-likeness (QED) is 0.921. The van der Waals surface area contributed by atoms with Crippen molar-refractivity contribution in [2.75, 3.05) is 13.2 Å². The van der Waals surface area contributed by atoms with Gasteiger partial charge in [-0.1, -0.05) is 16.8 Å². The Bertz CT molecular complexity index is 560. The number of fused-ring (bicyclic) bond motifs is 1. The molecular formula is C12H12ClN3O3. The Morgan fingerprint density at radius 2 is 2.11 bits per heavy atom. The number of ether oxygens (including phenoxy) is 2. The van der Waals surface area contributed by atoms with Gasteiger partial charge in [0.2, 0.25) is 6.39 Å². The molecule has 3 rings (SSSR count). The molecule has 0 amide bonds. The molecule has 19 heavy (non-hydrogen) atoms. The molecule has 0 radical (unpaired) electrons. The van der Waals surface area contributed by atoms with E-state index in [0.717, 1.165) is 5.56 Å². The molecule has 1 aromatic heterocycles. The molecule has 0 atom stereocenters. The molecule has 2 aromatic rings. The van der Waals surface area contributed by atoms with Gasteiger partial charge in [0.25, 0.3) is 0 Å². The maximum atomic E-state index is 6.15. The highest BCUT2D eigenvalue weighted by atomic mass is 35.5. The minimum absolute atomic E-state index is 0.530. The van der Waals surface area contributed by atoms with Crippen molar-refractivity contribution in [3.05, 3.63) is 34.9 Å². The van der Waals surface area contributed by atoms with Gasteiger partial charge in [0.05, 0.1) is 11.6 Å². The van der Waals surface area contributed by atoms with Crippen LogP contribution in [0.25, 0.3) is 0 Å².